The van der Waals surface area contributed by atoms with Crippen molar-refractivity contribution in [1.29, 1.82) is 0 Å². The van der Waals surface area contributed by atoms with Crippen molar-refractivity contribution < 1.29 is 9.47 Å². The van der Waals surface area contributed by atoms with E-state index in [1.54, 1.807) is 7.11 Å². The van der Waals surface area contributed by atoms with Gasteiger partial charge in [-0.3, -0.25) is 0 Å². The molecule has 0 aliphatic carbocycles. The van der Waals surface area contributed by atoms with E-state index in [0.717, 1.165) is 41.6 Å². The Kier molecular flexibility index (Phi) is 4.61. The lowest BCUT2D eigenvalue weighted by Gasteiger charge is -2.32. The molecule has 0 saturated heterocycles. The Labute approximate surface area is 154 Å². The van der Waals surface area contributed by atoms with E-state index >= 15 is 0 Å². The lowest BCUT2D eigenvalue weighted by atomic mass is 10.1. The molecule has 0 fully saturated rings. The van der Waals surface area contributed by atoms with E-state index in [4.69, 9.17) is 9.47 Å². The highest BCUT2D eigenvalue weighted by Gasteiger charge is 2.21. The second-order valence-electron chi connectivity index (χ2n) is 6.30. The van der Waals surface area contributed by atoms with Crippen LogP contribution in [0.4, 0.5) is 5.69 Å². The van der Waals surface area contributed by atoms with Crippen molar-refractivity contribution in [3.63, 3.8) is 0 Å². The topological polar surface area (TPSA) is 21.7 Å². The average molecular weight is 343 g/mol. The molecule has 0 unspecified atom stereocenters. The zero-order valence-corrected chi connectivity index (χ0v) is 14.8. The summed E-state index contributed by atoms with van der Waals surface area (Å²) in [6.45, 7) is 1.58. The van der Waals surface area contributed by atoms with Gasteiger partial charge in [-0.25, -0.2) is 0 Å². The minimum Gasteiger partial charge on any atom is -0.497 e. The molecule has 0 bridgehead atoms. The van der Waals surface area contributed by atoms with Crippen LogP contribution in [0.1, 0.15) is 11.1 Å². The zero-order valence-electron chi connectivity index (χ0n) is 14.8. The van der Waals surface area contributed by atoms with Crippen LogP contribution in [0.15, 0.2) is 84.6 Å². The van der Waals surface area contributed by atoms with Crippen molar-refractivity contribution in [2.24, 2.45) is 0 Å². The number of hydrogen-bond donors (Lipinski definition) is 0. The molecule has 0 aromatic heterocycles. The van der Waals surface area contributed by atoms with Crippen molar-refractivity contribution in [2.75, 3.05) is 18.6 Å². The number of fused-ring (bicyclic) bond motifs is 1. The Morgan fingerprint density at radius 1 is 0.923 bits per heavy atom. The number of benzene rings is 3. The Hall–Kier alpha value is -3.20. The normalized spacial score (nSPS) is 14.7. The predicted molar refractivity (Wildman–Crippen MR) is 106 cm³/mol. The van der Waals surface area contributed by atoms with Gasteiger partial charge in [0.2, 0.25) is 0 Å². The van der Waals surface area contributed by atoms with E-state index in [1.165, 1.54) is 5.56 Å². The molecular weight excluding hydrogens is 322 g/mol. The summed E-state index contributed by atoms with van der Waals surface area (Å²) in [5.74, 6) is 2.69. The first-order valence-electron chi connectivity index (χ1n) is 8.72. The van der Waals surface area contributed by atoms with Gasteiger partial charge >= 0.3 is 0 Å². The molecule has 0 radical (unpaired) electrons. The van der Waals surface area contributed by atoms with Gasteiger partial charge < -0.3 is 14.4 Å². The number of rotatable bonds is 4. The molecule has 1 aliphatic rings. The highest BCUT2D eigenvalue weighted by atomic mass is 16.5. The van der Waals surface area contributed by atoms with E-state index < -0.39 is 0 Å². The summed E-state index contributed by atoms with van der Waals surface area (Å²) in [4.78, 5) is 2.35. The van der Waals surface area contributed by atoms with Crippen LogP contribution in [0, 0.1) is 0 Å². The monoisotopic (exact) mass is 343 g/mol. The van der Waals surface area contributed by atoms with Gasteiger partial charge in [-0.1, -0.05) is 54.6 Å². The van der Waals surface area contributed by atoms with E-state index in [0.29, 0.717) is 0 Å². The Balaban J connectivity index is 1.63. The number of para-hydroxylation sites is 2. The standard InChI is InChI=1S/C23H21NO2/c1-25-20-13-11-18(12-14-20)15-21-17-24(16-19-7-3-2-4-8-19)22-9-5-6-10-23(22)26-21/h2-15H,16-17H2,1H3/b21-15-. The number of nitrogens with zero attached hydrogens (tertiary/aromatic N) is 1. The maximum atomic E-state index is 6.15. The van der Waals surface area contributed by atoms with Crippen LogP contribution >= 0.6 is 0 Å². The van der Waals surface area contributed by atoms with Crippen LogP contribution in [0.5, 0.6) is 11.5 Å². The molecule has 0 atom stereocenters. The van der Waals surface area contributed by atoms with Gasteiger partial charge in [-0.15, -0.1) is 0 Å². The second-order valence-corrected chi connectivity index (χ2v) is 6.30. The van der Waals surface area contributed by atoms with Gasteiger partial charge in [0, 0.05) is 6.54 Å². The first-order valence-corrected chi connectivity index (χ1v) is 8.72. The second kappa shape index (κ2) is 7.36. The average Bonchev–Trinajstić information content (AvgIpc) is 2.69. The summed E-state index contributed by atoms with van der Waals surface area (Å²) in [7, 11) is 1.68. The lowest BCUT2D eigenvalue weighted by molar-refractivity contribution is 0.399. The molecular formula is C23H21NO2. The molecule has 0 amide bonds. The van der Waals surface area contributed by atoms with E-state index in [9.17, 15) is 0 Å². The summed E-state index contributed by atoms with van der Waals surface area (Å²) in [5.41, 5.74) is 3.51. The molecule has 130 valence electrons. The Morgan fingerprint density at radius 3 is 2.42 bits per heavy atom. The molecule has 26 heavy (non-hydrogen) atoms. The molecule has 1 heterocycles. The van der Waals surface area contributed by atoms with E-state index in [1.807, 2.05) is 42.5 Å². The Morgan fingerprint density at radius 2 is 1.65 bits per heavy atom. The highest BCUT2D eigenvalue weighted by Crippen LogP contribution is 2.35. The zero-order chi connectivity index (χ0) is 17.8. The highest BCUT2D eigenvalue weighted by molar-refractivity contribution is 5.65. The van der Waals surface area contributed by atoms with Crippen LogP contribution in [0.3, 0.4) is 0 Å². The molecule has 3 heteroatoms. The molecule has 3 aromatic carbocycles. The number of methoxy groups -OCH3 is 1. The van der Waals surface area contributed by atoms with Gasteiger partial charge in [0.05, 0.1) is 19.3 Å². The summed E-state index contributed by atoms with van der Waals surface area (Å²) in [6, 6.07) is 26.7. The van der Waals surface area contributed by atoms with Gasteiger partial charge in [0.1, 0.15) is 17.3 Å². The van der Waals surface area contributed by atoms with Crippen molar-refractivity contribution in [3.05, 3.63) is 95.7 Å². The molecule has 1 aliphatic heterocycles. The van der Waals surface area contributed by atoms with Crippen LogP contribution < -0.4 is 14.4 Å². The third-order valence-corrected chi connectivity index (χ3v) is 4.45. The fourth-order valence-corrected chi connectivity index (χ4v) is 3.16. The summed E-state index contributed by atoms with van der Waals surface area (Å²) >= 11 is 0. The van der Waals surface area contributed by atoms with E-state index in [-0.39, 0.29) is 0 Å². The molecule has 0 spiro atoms. The Bertz CT molecular complexity index is 901. The minimum atomic E-state index is 0.734. The summed E-state index contributed by atoms with van der Waals surface area (Å²) in [5, 5.41) is 0. The predicted octanol–water partition coefficient (Wildman–Crippen LogP) is 5.14. The number of ether oxygens (including phenoxy) is 2. The number of anilines is 1. The molecule has 0 saturated carbocycles. The first-order chi connectivity index (χ1) is 12.8. The van der Waals surface area contributed by atoms with Gasteiger partial charge in [-0.05, 0) is 41.5 Å². The SMILES string of the molecule is COc1ccc(/C=C2/CN(Cc3ccccc3)c3ccccc3O2)cc1. The molecule has 4 rings (SSSR count). The van der Waals surface area contributed by atoms with Crippen LogP contribution in [0.2, 0.25) is 0 Å². The fourth-order valence-electron chi connectivity index (χ4n) is 3.16. The van der Waals surface area contributed by atoms with Crippen molar-refractivity contribution >= 4 is 11.8 Å². The minimum absolute atomic E-state index is 0.734. The molecule has 0 N–H and O–H groups in total. The summed E-state index contributed by atoms with van der Waals surface area (Å²) < 4.78 is 11.4. The first kappa shape index (κ1) is 16.3. The van der Waals surface area contributed by atoms with Crippen molar-refractivity contribution in [2.45, 2.75) is 6.54 Å². The number of hydrogen-bond acceptors (Lipinski definition) is 3. The van der Waals surface area contributed by atoms with Crippen LogP contribution in [-0.4, -0.2) is 13.7 Å². The van der Waals surface area contributed by atoms with Crippen molar-refractivity contribution in [1.82, 2.24) is 0 Å². The smallest absolute Gasteiger partial charge is 0.150 e. The lowest BCUT2D eigenvalue weighted by Crippen LogP contribution is -2.30. The van der Waals surface area contributed by atoms with E-state index in [2.05, 4.69) is 47.4 Å². The maximum absolute atomic E-state index is 6.15. The van der Waals surface area contributed by atoms with Crippen molar-refractivity contribution in [3.8, 4) is 11.5 Å². The molecule has 3 aromatic rings. The summed E-state index contributed by atoms with van der Waals surface area (Å²) in [6.07, 6.45) is 2.09. The largest absolute Gasteiger partial charge is 0.497 e. The molecule has 3 nitrogen and oxygen atoms in total. The quantitative estimate of drug-likeness (QED) is 0.655. The van der Waals surface area contributed by atoms with Gasteiger partial charge in [0.25, 0.3) is 0 Å². The fraction of sp³-hybridized carbons (Fsp3) is 0.130. The van der Waals surface area contributed by atoms with Crippen LogP contribution in [-0.2, 0) is 6.54 Å². The van der Waals surface area contributed by atoms with Crippen LogP contribution in [0.25, 0.3) is 6.08 Å². The van der Waals surface area contributed by atoms with Gasteiger partial charge in [0.15, 0.2) is 0 Å². The maximum Gasteiger partial charge on any atom is 0.150 e. The third kappa shape index (κ3) is 3.57. The third-order valence-electron chi connectivity index (χ3n) is 4.45. The van der Waals surface area contributed by atoms with Gasteiger partial charge in [-0.2, -0.15) is 0 Å².